The van der Waals surface area contributed by atoms with Crippen LogP contribution >= 0.6 is 15.9 Å². The zero-order valence-corrected chi connectivity index (χ0v) is 11.3. The van der Waals surface area contributed by atoms with Crippen molar-refractivity contribution in [3.8, 4) is 0 Å². The van der Waals surface area contributed by atoms with Gasteiger partial charge in [-0.2, -0.15) is 0 Å². The molecule has 0 bridgehead atoms. The molecule has 0 saturated heterocycles. The molecule has 0 aliphatic heterocycles. The van der Waals surface area contributed by atoms with E-state index in [4.69, 9.17) is 5.11 Å². The summed E-state index contributed by atoms with van der Waals surface area (Å²) in [6.07, 6.45) is 7.34. The number of aliphatic carboxylic acids is 1. The minimum absolute atomic E-state index is 0.0887. The van der Waals surface area contributed by atoms with Gasteiger partial charge in [-0.1, -0.05) is 28.4 Å². The van der Waals surface area contributed by atoms with Crippen molar-refractivity contribution < 1.29 is 14.7 Å². The lowest BCUT2D eigenvalue weighted by Gasteiger charge is -2.00. The van der Waals surface area contributed by atoms with Gasteiger partial charge in [-0.05, 0) is 37.2 Å². The van der Waals surface area contributed by atoms with Crippen LogP contribution in [0.5, 0.6) is 0 Å². The minimum atomic E-state index is -0.647. The van der Waals surface area contributed by atoms with Crippen LogP contribution in [-0.2, 0) is 9.59 Å². The zero-order valence-electron chi connectivity index (χ0n) is 9.69. The first kappa shape index (κ1) is 12.8. The number of hydrogen-bond acceptors (Lipinski definition) is 2. The lowest BCUT2D eigenvalue weighted by molar-refractivity contribution is -0.138. The monoisotopic (exact) mass is 300 g/mol. The van der Waals surface area contributed by atoms with Crippen LogP contribution in [0, 0.1) is 11.8 Å². The largest absolute Gasteiger partial charge is 0.481 e. The van der Waals surface area contributed by atoms with Gasteiger partial charge >= 0.3 is 5.97 Å². The standard InChI is InChI=1S/C13H17BrO3/c14-10-5-9(12(15)7-10)4-2-1-3-8-6-11(8)13(16)17/h5,8,10-11H,1-4,6-7H2,(H,16,17). The fraction of sp³-hybridized carbons (Fsp3) is 0.692. The molecule has 0 amide bonds. The summed E-state index contributed by atoms with van der Waals surface area (Å²) in [5.41, 5.74) is 0.956. The Balaban J connectivity index is 1.60. The highest BCUT2D eigenvalue weighted by Gasteiger charge is 2.42. The Morgan fingerprint density at radius 2 is 2.24 bits per heavy atom. The van der Waals surface area contributed by atoms with E-state index in [9.17, 15) is 9.59 Å². The number of carbonyl (C=O) groups excluding carboxylic acids is 1. The van der Waals surface area contributed by atoms with Crippen LogP contribution in [0.1, 0.15) is 38.5 Å². The molecular weight excluding hydrogens is 284 g/mol. The van der Waals surface area contributed by atoms with E-state index in [0.717, 1.165) is 37.7 Å². The van der Waals surface area contributed by atoms with Crippen LogP contribution in [0.2, 0.25) is 0 Å². The molecule has 4 heteroatoms. The summed E-state index contributed by atoms with van der Waals surface area (Å²) in [4.78, 5) is 22.4. The highest BCUT2D eigenvalue weighted by Crippen LogP contribution is 2.42. The predicted molar refractivity (Wildman–Crippen MR) is 68.1 cm³/mol. The molecule has 3 unspecified atom stereocenters. The normalized spacial score (nSPS) is 31.5. The smallest absolute Gasteiger partial charge is 0.306 e. The van der Waals surface area contributed by atoms with E-state index in [1.165, 1.54) is 0 Å². The summed E-state index contributed by atoms with van der Waals surface area (Å²) in [5, 5.41) is 8.76. The zero-order chi connectivity index (χ0) is 12.4. The number of carboxylic acid groups (broad SMARTS) is 1. The SMILES string of the molecule is O=C1CC(Br)C=C1CCCCC1CC1C(=O)O. The van der Waals surface area contributed by atoms with Gasteiger partial charge in [0.15, 0.2) is 5.78 Å². The van der Waals surface area contributed by atoms with Gasteiger partial charge in [-0.15, -0.1) is 0 Å². The molecule has 0 heterocycles. The number of carboxylic acids is 1. The summed E-state index contributed by atoms with van der Waals surface area (Å²) in [5.74, 6) is -0.0774. The molecule has 0 aromatic carbocycles. The van der Waals surface area contributed by atoms with Crippen LogP contribution in [0.25, 0.3) is 0 Å². The number of hydrogen-bond donors (Lipinski definition) is 1. The van der Waals surface area contributed by atoms with Crippen LogP contribution in [0.4, 0.5) is 0 Å². The number of rotatable bonds is 6. The van der Waals surface area contributed by atoms with Gasteiger partial charge in [-0.25, -0.2) is 0 Å². The quantitative estimate of drug-likeness (QED) is 0.606. The first-order valence-electron chi connectivity index (χ1n) is 6.18. The fourth-order valence-electron chi connectivity index (χ4n) is 2.49. The van der Waals surface area contributed by atoms with Gasteiger partial charge in [0.2, 0.25) is 0 Å². The number of ketones is 1. The lowest BCUT2D eigenvalue weighted by Crippen LogP contribution is -2.00. The fourth-order valence-corrected chi connectivity index (χ4v) is 3.11. The predicted octanol–water partition coefficient (Wildman–Crippen LogP) is 2.93. The van der Waals surface area contributed by atoms with Gasteiger partial charge in [0.25, 0.3) is 0 Å². The van der Waals surface area contributed by atoms with Crippen molar-refractivity contribution in [3.63, 3.8) is 0 Å². The van der Waals surface area contributed by atoms with Gasteiger partial charge in [-0.3, -0.25) is 9.59 Å². The third-order valence-electron chi connectivity index (χ3n) is 3.63. The number of halogens is 1. The van der Waals surface area contributed by atoms with E-state index in [0.29, 0.717) is 12.3 Å². The molecule has 0 radical (unpaired) electrons. The van der Waals surface area contributed by atoms with Gasteiger partial charge in [0, 0.05) is 11.2 Å². The maximum absolute atomic E-state index is 11.5. The first-order chi connectivity index (χ1) is 8.08. The molecule has 0 aromatic heterocycles. The molecule has 1 N–H and O–H groups in total. The number of unbranched alkanes of at least 4 members (excludes halogenated alkanes) is 1. The van der Waals surface area contributed by atoms with E-state index in [1.54, 1.807) is 0 Å². The topological polar surface area (TPSA) is 54.4 Å². The number of Topliss-reactive ketones (excluding diaryl/α,β-unsaturated/α-hetero) is 1. The Hall–Kier alpha value is -0.640. The second-order valence-electron chi connectivity index (χ2n) is 5.02. The van der Waals surface area contributed by atoms with Crippen molar-refractivity contribution in [2.24, 2.45) is 11.8 Å². The summed E-state index contributed by atoms with van der Waals surface area (Å²) in [7, 11) is 0. The molecule has 1 fully saturated rings. The second-order valence-corrected chi connectivity index (χ2v) is 6.20. The summed E-state index contributed by atoms with van der Waals surface area (Å²) in [6.45, 7) is 0. The Kier molecular flexibility index (Phi) is 4.02. The Morgan fingerprint density at radius 1 is 1.47 bits per heavy atom. The van der Waals surface area contributed by atoms with E-state index < -0.39 is 5.97 Å². The second kappa shape index (κ2) is 5.34. The minimum Gasteiger partial charge on any atom is -0.481 e. The third kappa shape index (κ3) is 3.41. The van der Waals surface area contributed by atoms with E-state index in [1.807, 2.05) is 6.08 Å². The highest BCUT2D eigenvalue weighted by molar-refractivity contribution is 9.09. The van der Waals surface area contributed by atoms with Gasteiger partial charge < -0.3 is 5.11 Å². The average molecular weight is 301 g/mol. The maximum Gasteiger partial charge on any atom is 0.306 e. The lowest BCUT2D eigenvalue weighted by atomic mass is 10.0. The van der Waals surface area contributed by atoms with E-state index in [-0.39, 0.29) is 16.5 Å². The Morgan fingerprint density at radius 3 is 2.76 bits per heavy atom. The first-order valence-corrected chi connectivity index (χ1v) is 7.10. The van der Waals surface area contributed by atoms with Crippen molar-refractivity contribution >= 4 is 27.7 Å². The number of allylic oxidation sites excluding steroid dienone is 2. The molecule has 3 nitrogen and oxygen atoms in total. The molecule has 2 rings (SSSR count). The summed E-state index contributed by atoms with van der Waals surface area (Å²) >= 11 is 3.42. The van der Waals surface area contributed by atoms with E-state index >= 15 is 0 Å². The molecule has 17 heavy (non-hydrogen) atoms. The molecule has 1 saturated carbocycles. The Labute approximate surface area is 109 Å². The Bertz CT molecular complexity index is 362. The molecule has 2 aliphatic carbocycles. The number of alkyl halides is 1. The van der Waals surface area contributed by atoms with Crippen molar-refractivity contribution in [3.05, 3.63) is 11.6 Å². The summed E-state index contributed by atoms with van der Waals surface area (Å²) < 4.78 is 0. The van der Waals surface area contributed by atoms with Crippen LogP contribution in [-0.4, -0.2) is 21.7 Å². The number of carbonyl (C=O) groups is 2. The van der Waals surface area contributed by atoms with Gasteiger partial charge in [0.1, 0.15) is 0 Å². The van der Waals surface area contributed by atoms with Crippen molar-refractivity contribution in [2.75, 3.05) is 0 Å². The molecule has 3 atom stereocenters. The molecule has 94 valence electrons. The maximum atomic E-state index is 11.5. The van der Waals surface area contributed by atoms with Crippen molar-refractivity contribution in [1.29, 1.82) is 0 Å². The molecule has 0 aromatic rings. The third-order valence-corrected chi connectivity index (χ3v) is 4.22. The summed E-state index contributed by atoms with van der Waals surface area (Å²) in [6, 6.07) is 0. The van der Waals surface area contributed by atoms with E-state index in [2.05, 4.69) is 15.9 Å². The van der Waals surface area contributed by atoms with Crippen LogP contribution < -0.4 is 0 Å². The van der Waals surface area contributed by atoms with Gasteiger partial charge in [0.05, 0.1) is 5.92 Å². The van der Waals surface area contributed by atoms with Crippen LogP contribution in [0.15, 0.2) is 11.6 Å². The molecule has 0 spiro atoms. The van der Waals surface area contributed by atoms with Crippen molar-refractivity contribution in [1.82, 2.24) is 0 Å². The van der Waals surface area contributed by atoms with Crippen LogP contribution in [0.3, 0.4) is 0 Å². The van der Waals surface area contributed by atoms with Crippen molar-refractivity contribution in [2.45, 2.75) is 43.4 Å². The highest BCUT2D eigenvalue weighted by atomic mass is 79.9. The average Bonchev–Trinajstić information content (AvgIpc) is 2.95. The molecule has 2 aliphatic rings. The molecular formula is C13H17BrO3.